The Morgan fingerprint density at radius 1 is 1.00 bits per heavy atom. The van der Waals surface area contributed by atoms with Crippen molar-refractivity contribution in [3.63, 3.8) is 0 Å². The van der Waals surface area contributed by atoms with Gasteiger partial charge in [-0.1, -0.05) is 12.1 Å². The van der Waals surface area contributed by atoms with Crippen molar-refractivity contribution in [3.8, 4) is 5.75 Å². The highest BCUT2D eigenvalue weighted by atomic mass is 32.1. The first kappa shape index (κ1) is 21.3. The maximum absolute atomic E-state index is 12.4. The second-order valence-corrected chi connectivity index (χ2v) is 6.19. The molecule has 0 saturated heterocycles. The summed E-state index contributed by atoms with van der Waals surface area (Å²) in [6, 6.07) is 13.6. The van der Waals surface area contributed by atoms with Gasteiger partial charge in [0.05, 0.1) is 18.4 Å². The minimum Gasteiger partial charge on any atom is -0.497 e. The molecule has 0 saturated carbocycles. The number of thiocarbonyl (C=S) groups is 1. The smallest absolute Gasteiger partial charge is 0.257 e. The zero-order chi connectivity index (χ0) is 20.4. The molecule has 28 heavy (non-hydrogen) atoms. The van der Waals surface area contributed by atoms with Crippen molar-refractivity contribution in [1.82, 2.24) is 10.6 Å². The Kier molecular flexibility index (Phi) is 8.38. The van der Waals surface area contributed by atoms with Crippen LogP contribution in [0.5, 0.6) is 5.75 Å². The number of amides is 2. The summed E-state index contributed by atoms with van der Waals surface area (Å²) in [5.41, 5.74) is 1.38. The van der Waals surface area contributed by atoms with Crippen molar-refractivity contribution in [1.29, 1.82) is 0 Å². The topological polar surface area (TPSA) is 88.7 Å². The lowest BCUT2D eigenvalue weighted by molar-refractivity contribution is 0.0947. The van der Waals surface area contributed by atoms with E-state index in [0.717, 1.165) is 0 Å². The Bertz CT molecular complexity index is 824. The molecule has 0 aliphatic carbocycles. The van der Waals surface area contributed by atoms with E-state index in [1.54, 1.807) is 62.8 Å². The minimum atomic E-state index is -0.360. The molecule has 0 heterocycles. The average molecular weight is 401 g/mol. The Balaban J connectivity index is 1.97. The van der Waals surface area contributed by atoms with Crippen LogP contribution in [0.15, 0.2) is 48.5 Å². The van der Waals surface area contributed by atoms with Gasteiger partial charge in [0, 0.05) is 25.8 Å². The first-order valence-corrected chi connectivity index (χ1v) is 9.08. The lowest BCUT2D eigenvalue weighted by Crippen LogP contribution is -2.35. The van der Waals surface area contributed by atoms with Gasteiger partial charge in [-0.2, -0.15) is 0 Å². The van der Waals surface area contributed by atoms with Gasteiger partial charge in [0.2, 0.25) is 0 Å². The number of hydrogen-bond acceptors (Lipinski definition) is 5. The fourth-order valence-corrected chi connectivity index (χ4v) is 2.58. The molecule has 7 nitrogen and oxygen atoms in total. The van der Waals surface area contributed by atoms with E-state index in [1.165, 1.54) is 0 Å². The van der Waals surface area contributed by atoms with Gasteiger partial charge in [-0.3, -0.25) is 14.9 Å². The fourth-order valence-electron chi connectivity index (χ4n) is 2.38. The molecule has 0 aromatic heterocycles. The maximum atomic E-state index is 12.4. The molecule has 0 radical (unpaired) electrons. The fraction of sp³-hybridized carbons (Fsp3) is 0.250. The highest BCUT2D eigenvalue weighted by molar-refractivity contribution is 7.80. The van der Waals surface area contributed by atoms with Crippen LogP contribution in [0.3, 0.4) is 0 Å². The predicted molar refractivity (Wildman–Crippen MR) is 112 cm³/mol. The van der Waals surface area contributed by atoms with Crippen LogP contribution in [0.25, 0.3) is 0 Å². The van der Waals surface area contributed by atoms with Gasteiger partial charge >= 0.3 is 0 Å². The molecular formula is C20H23N3O4S. The van der Waals surface area contributed by atoms with E-state index in [1.807, 2.05) is 0 Å². The molecule has 0 atom stereocenters. The standard InChI is InChI=1S/C20H23N3O4S/c1-26-13-5-12-21-19(25)16-6-3-4-7-17(16)22-20(28)23-18(24)14-8-10-15(27-2)11-9-14/h3-4,6-11H,5,12-13H2,1-2H3,(H,21,25)(H2,22,23,24,28). The number of hydrogen-bond donors (Lipinski definition) is 3. The van der Waals surface area contributed by atoms with Gasteiger partial charge in [0.15, 0.2) is 5.11 Å². The van der Waals surface area contributed by atoms with Crippen molar-refractivity contribution < 1.29 is 19.1 Å². The van der Waals surface area contributed by atoms with Gasteiger partial charge in [-0.15, -0.1) is 0 Å². The molecule has 3 N–H and O–H groups in total. The monoisotopic (exact) mass is 401 g/mol. The van der Waals surface area contributed by atoms with Crippen molar-refractivity contribution in [3.05, 3.63) is 59.7 Å². The number of methoxy groups -OCH3 is 2. The number of nitrogens with one attached hydrogen (secondary N) is 3. The van der Waals surface area contributed by atoms with Crippen LogP contribution in [0.4, 0.5) is 5.69 Å². The summed E-state index contributed by atoms with van der Waals surface area (Å²) in [6.45, 7) is 1.07. The van der Waals surface area contributed by atoms with E-state index in [0.29, 0.717) is 42.1 Å². The van der Waals surface area contributed by atoms with Crippen LogP contribution in [-0.2, 0) is 4.74 Å². The summed E-state index contributed by atoms with van der Waals surface area (Å²) < 4.78 is 10.0. The molecule has 8 heteroatoms. The van der Waals surface area contributed by atoms with Gasteiger partial charge in [-0.25, -0.2) is 0 Å². The van der Waals surface area contributed by atoms with Crippen LogP contribution in [0, 0.1) is 0 Å². The summed E-state index contributed by atoms with van der Waals surface area (Å²) in [4.78, 5) is 24.7. The highest BCUT2D eigenvalue weighted by Gasteiger charge is 2.13. The van der Waals surface area contributed by atoms with E-state index in [4.69, 9.17) is 21.7 Å². The normalized spacial score (nSPS) is 10.1. The van der Waals surface area contributed by atoms with Crippen LogP contribution in [-0.4, -0.2) is 44.3 Å². The summed E-state index contributed by atoms with van der Waals surface area (Å²) in [7, 11) is 3.17. The molecule has 0 unspecified atom stereocenters. The molecule has 2 aromatic carbocycles. The van der Waals surface area contributed by atoms with Crippen molar-refractivity contribution in [2.75, 3.05) is 32.7 Å². The third kappa shape index (κ3) is 6.33. The van der Waals surface area contributed by atoms with Crippen molar-refractivity contribution in [2.24, 2.45) is 0 Å². The molecule has 0 aliphatic heterocycles. The third-order valence-electron chi connectivity index (χ3n) is 3.81. The number of carbonyl (C=O) groups excluding carboxylic acids is 2. The SMILES string of the molecule is COCCCNC(=O)c1ccccc1NC(=S)NC(=O)c1ccc(OC)cc1. The number of para-hydroxylation sites is 1. The van der Waals surface area contributed by atoms with Gasteiger partial charge < -0.3 is 20.1 Å². The second kappa shape index (κ2) is 11.0. The number of ether oxygens (including phenoxy) is 2. The quantitative estimate of drug-likeness (QED) is 0.465. The van der Waals surface area contributed by atoms with E-state index < -0.39 is 0 Å². The van der Waals surface area contributed by atoms with E-state index in [9.17, 15) is 9.59 Å². The third-order valence-corrected chi connectivity index (χ3v) is 4.01. The molecule has 0 fully saturated rings. The summed E-state index contributed by atoms with van der Waals surface area (Å²) in [5.74, 6) is 0.0628. The first-order valence-electron chi connectivity index (χ1n) is 8.67. The second-order valence-electron chi connectivity index (χ2n) is 5.78. The maximum Gasteiger partial charge on any atom is 0.257 e. The van der Waals surface area contributed by atoms with E-state index in [-0.39, 0.29) is 16.9 Å². The van der Waals surface area contributed by atoms with Crippen LogP contribution in [0.2, 0.25) is 0 Å². The van der Waals surface area contributed by atoms with E-state index >= 15 is 0 Å². The number of anilines is 1. The summed E-state index contributed by atoms with van der Waals surface area (Å²) in [5, 5.41) is 8.43. The Morgan fingerprint density at radius 3 is 2.39 bits per heavy atom. The molecule has 2 aromatic rings. The lowest BCUT2D eigenvalue weighted by Gasteiger charge is -2.13. The first-order chi connectivity index (χ1) is 13.5. The zero-order valence-electron chi connectivity index (χ0n) is 15.8. The van der Waals surface area contributed by atoms with Crippen molar-refractivity contribution >= 4 is 34.8 Å². The average Bonchev–Trinajstić information content (AvgIpc) is 2.71. The summed E-state index contributed by atoms with van der Waals surface area (Å²) >= 11 is 5.21. The molecule has 2 amide bonds. The van der Waals surface area contributed by atoms with E-state index in [2.05, 4.69) is 16.0 Å². The minimum absolute atomic E-state index is 0.0976. The molecule has 148 valence electrons. The van der Waals surface area contributed by atoms with Gasteiger partial charge in [0.25, 0.3) is 11.8 Å². The van der Waals surface area contributed by atoms with Gasteiger partial charge in [-0.05, 0) is 55.0 Å². The molecule has 0 aliphatic rings. The van der Waals surface area contributed by atoms with Gasteiger partial charge in [0.1, 0.15) is 5.75 Å². The highest BCUT2D eigenvalue weighted by Crippen LogP contribution is 2.15. The van der Waals surface area contributed by atoms with Crippen LogP contribution < -0.4 is 20.7 Å². The summed E-state index contributed by atoms with van der Waals surface area (Å²) in [6.07, 6.45) is 0.716. The number of rotatable bonds is 8. The molecule has 0 bridgehead atoms. The Morgan fingerprint density at radius 2 is 1.71 bits per heavy atom. The largest absolute Gasteiger partial charge is 0.497 e. The predicted octanol–water partition coefficient (Wildman–Crippen LogP) is 2.59. The Labute approximate surface area is 169 Å². The molecule has 2 rings (SSSR count). The molecule has 0 spiro atoms. The van der Waals surface area contributed by atoms with Crippen LogP contribution in [0.1, 0.15) is 27.1 Å². The number of benzene rings is 2. The lowest BCUT2D eigenvalue weighted by atomic mass is 10.1. The zero-order valence-corrected chi connectivity index (χ0v) is 16.6. The molecular weight excluding hydrogens is 378 g/mol. The van der Waals surface area contributed by atoms with Crippen LogP contribution >= 0.6 is 12.2 Å². The van der Waals surface area contributed by atoms with Crippen molar-refractivity contribution in [2.45, 2.75) is 6.42 Å². The Hall–Kier alpha value is -2.97. The number of carbonyl (C=O) groups is 2.